The molecule has 2 fully saturated rings. The van der Waals surface area contributed by atoms with Gasteiger partial charge >= 0.3 is 0 Å². The van der Waals surface area contributed by atoms with Crippen molar-refractivity contribution in [3.05, 3.63) is 0 Å². The Kier molecular flexibility index (Phi) is 3.27. The molecular weight excluding hydrogens is 198 g/mol. The molecule has 0 spiro atoms. The molecule has 5 heteroatoms. The van der Waals surface area contributed by atoms with Crippen LogP contribution in [0.5, 0.6) is 0 Å². The van der Waals surface area contributed by atoms with E-state index in [-0.39, 0.29) is 6.61 Å². The number of likely N-dealkylation sites (tertiary alicyclic amines) is 1. The maximum atomic E-state index is 9.70. The smallest absolute Gasteiger partial charge is 0.109 e. The Balaban J connectivity index is 2.00. The number of aliphatic hydroxyl groups excluding tert-OH is 4. The second-order valence-corrected chi connectivity index (χ2v) is 4.70. The van der Waals surface area contributed by atoms with Crippen LogP contribution >= 0.6 is 0 Å². The van der Waals surface area contributed by atoms with E-state index in [2.05, 4.69) is 0 Å². The molecule has 0 amide bonds. The first-order valence-electron chi connectivity index (χ1n) is 5.52. The molecule has 1 aliphatic heterocycles. The molecule has 15 heavy (non-hydrogen) atoms. The number of β-amino-alcohol motifs (C(OH)–C–C–N with tert-alkyl or cyclic N) is 1. The number of piperidine rings is 1. The number of aliphatic hydroxyl groups is 4. The number of rotatable bonds is 3. The van der Waals surface area contributed by atoms with E-state index in [0.717, 1.165) is 6.54 Å². The molecule has 1 unspecified atom stereocenters. The molecule has 1 heterocycles. The van der Waals surface area contributed by atoms with Crippen LogP contribution in [0.4, 0.5) is 0 Å². The van der Waals surface area contributed by atoms with Gasteiger partial charge in [0.2, 0.25) is 0 Å². The van der Waals surface area contributed by atoms with Crippen LogP contribution in [0.1, 0.15) is 12.8 Å². The quantitative estimate of drug-likeness (QED) is 0.446. The normalized spacial score (nSPS) is 43.2. The van der Waals surface area contributed by atoms with Crippen molar-refractivity contribution in [1.29, 1.82) is 0 Å². The summed E-state index contributed by atoms with van der Waals surface area (Å²) in [6.45, 7) is 0.948. The third-order valence-electron chi connectivity index (χ3n) is 3.41. The lowest BCUT2D eigenvalue weighted by Gasteiger charge is -2.43. The second-order valence-electron chi connectivity index (χ2n) is 4.70. The van der Waals surface area contributed by atoms with Gasteiger partial charge in [-0.25, -0.2) is 0 Å². The molecule has 0 aromatic carbocycles. The van der Waals surface area contributed by atoms with Crippen LogP contribution in [0.15, 0.2) is 0 Å². The summed E-state index contributed by atoms with van der Waals surface area (Å²) in [4.78, 5) is 1.89. The van der Waals surface area contributed by atoms with Crippen molar-refractivity contribution in [3.8, 4) is 0 Å². The standard InChI is InChI=1S/C10H19NO4/c12-5-7-9(14)10(15)8(13)4-11(7)3-6-1-2-6/h6-10,12-15H,1-5H2/t7-,8?,9-,10-/m1/s1. The zero-order valence-corrected chi connectivity index (χ0v) is 8.66. The van der Waals surface area contributed by atoms with Gasteiger partial charge in [0.25, 0.3) is 0 Å². The Morgan fingerprint density at radius 3 is 2.27 bits per heavy atom. The Labute approximate surface area is 88.9 Å². The minimum atomic E-state index is -1.14. The molecular formula is C10H19NO4. The molecule has 5 nitrogen and oxygen atoms in total. The summed E-state index contributed by atoms with van der Waals surface area (Å²) in [5, 5.41) is 37.9. The van der Waals surface area contributed by atoms with Crippen LogP contribution in [-0.4, -0.2) is 69.4 Å². The van der Waals surface area contributed by atoms with Crippen molar-refractivity contribution in [2.45, 2.75) is 37.2 Å². The molecule has 4 atom stereocenters. The summed E-state index contributed by atoms with van der Waals surface area (Å²) >= 11 is 0. The fraction of sp³-hybridized carbons (Fsp3) is 1.00. The topological polar surface area (TPSA) is 84.2 Å². The van der Waals surface area contributed by atoms with Gasteiger partial charge in [-0.15, -0.1) is 0 Å². The SMILES string of the molecule is OC[C@@H]1[C@@H](O)[C@H](O)C(O)CN1CC1CC1. The van der Waals surface area contributed by atoms with Crippen LogP contribution in [-0.2, 0) is 0 Å². The first-order valence-corrected chi connectivity index (χ1v) is 5.52. The predicted molar refractivity (Wildman–Crippen MR) is 53.2 cm³/mol. The van der Waals surface area contributed by atoms with Gasteiger partial charge in [0.1, 0.15) is 12.2 Å². The Morgan fingerprint density at radius 2 is 1.73 bits per heavy atom. The Bertz CT molecular complexity index is 221. The molecule has 0 aromatic heterocycles. The van der Waals surface area contributed by atoms with E-state index in [1.165, 1.54) is 12.8 Å². The highest BCUT2D eigenvalue weighted by molar-refractivity contribution is 4.95. The molecule has 1 saturated heterocycles. The largest absolute Gasteiger partial charge is 0.395 e. The third-order valence-corrected chi connectivity index (χ3v) is 3.41. The third kappa shape index (κ3) is 2.32. The lowest BCUT2D eigenvalue weighted by Crippen LogP contribution is -2.62. The van der Waals surface area contributed by atoms with E-state index >= 15 is 0 Å². The van der Waals surface area contributed by atoms with Gasteiger partial charge in [-0.05, 0) is 18.8 Å². The summed E-state index contributed by atoms with van der Waals surface area (Å²) in [6.07, 6.45) is -0.746. The number of nitrogens with zero attached hydrogens (tertiary/aromatic N) is 1. The van der Waals surface area contributed by atoms with E-state index in [4.69, 9.17) is 0 Å². The van der Waals surface area contributed by atoms with Gasteiger partial charge in [-0.3, -0.25) is 4.90 Å². The van der Waals surface area contributed by atoms with E-state index in [1.54, 1.807) is 0 Å². The number of hydrogen-bond donors (Lipinski definition) is 4. The molecule has 0 radical (unpaired) electrons. The van der Waals surface area contributed by atoms with E-state index in [9.17, 15) is 20.4 Å². The summed E-state index contributed by atoms with van der Waals surface area (Å²) in [5.74, 6) is 0.633. The highest BCUT2D eigenvalue weighted by atomic mass is 16.4. The van der Waals surface area contributed by atoms with Crippen molar-refractivity contribution >= 4 is 0 Å². The Morgan fingerprint density at radius 1 is 1.07 bits per heavy atom. The second kappa shape index (κ2) is 4.35. The zero-order chi connectivity index (χ0) is 11.0. The molecule has 1 aliphatic carbocycles. The first kappa shape index (κ1) is 11.3. The minimum absolute atomic E-state index is 0.183. The number of hydrogen-bond acceptors (Lipinski definition) is 5. The van der Waals surface area contributed by atoms with Gasteiger partial charge in [0.05, 0.1) is 18.8 Å². The van der Waals surface area contributed by atoms with Gasteiger partial charge in [0, 0.05) is 13.1 Å². The van der Waals surface area contributed by atoms with Crippen molar-refractivity contribution in [3.63, 3.8) is 0 Å². The van der Waals surface area contributed by atoms with Gasteiger partial charge in [0.15, 0.2) is 0 Å². The lowest BCUT2D eigenvalue weighted by molar-refractivity contribution is -0.145. The van der Waals surface area contributed by atoms with Crippen molar-refractivity contribution in [2.75, 3.05) is 19.7 Å². The minimum Gasteiger partial charge on any atom is -0.395 e. The average Bonchev–Trinajstić information content (AvgIpc) is 2.99. The highest BCUT2D eigenvalue weighted by Crippen LogP contribution is 2.32. The summed E-state index contributed by atoms with van der Waals surface area (Å²) in [6, 6.07) is -0.441. The average molecular weight is 217 g/mol. The summed E-state index contributed by atoms with van der Waals surface area (Å²) < 4.78 is 0. The Hall–Kier alpha value is -0.200. The van der Waals surface area contributed by atoms with E-state index < -0.39 is 24.4 Å². The zero-order valence-electron chi connectivity index (χ0n) is 8.66. The van der Waals surface area contributed by atoms with Crippen molar-refractivity contribution in [1.82, 2.24) is 4.90 Å². The maximum Gasteiger partial charge on any atom is 0.109 e. The van der Waals surface area contributed by atoms with Crippen LogP contribution < -0.4 is 0 Å². The molecule has 2 aliphatic rings. The fourth-order valence-electron chi connectivity index (χ4n) is 2.22. The highest BCUT2D eigenvalue weighted by Gasteiger charge is 2.42. The maximum absolute atomic E-state index is 9.70. The van der Waals surface area contributed by atoms with Crippen LogP contribution in [0.2, 0.25) is 0 Å². The van der Waals surface area contributed by atoms with Gasteiger partial charge in [-0.1, -0.05) is 0 Å². The van der Waals surface area contributed by atoms with Crippen molar-refractivity contribution in [2.24, 2.45) is 5.92 Å². The fourth-order valence-corrected chi connectivity index (χ4v) is 2.22. The van der Waals surface area contributed by atoms with E-state index in [0.29, 0.717) is 12.5 Å². The molecule has 1 saturated carbocycles. The molecule has 88 valence electrons. The van der Waals surface area contributed by atoms with Crippen LogP contribution in [0, 0.1) is 5.92 Å². The van der Waals surface area contributed by atoms with Crippen LogP contribution in [0.3, 0.4) is 0 Å². The van der Waals surface area contributed by atoms with Crippen LogP contribution in [0.25, 0.3) is 0 Å². The monoisotopic (exact) mass is 217 g/mol. The predicted octanol–water partition coefficient (Wildman–Crippen LogP) is -1.84. The van der Waals surface area contributed by atoms with Crippen molar-refractivity contribution < 1.29 is 20.4 Å². The molecule has 4 N–H and O–H groups in total. The molecule has 2 rings (SSSR count). The summed E-state index contributed by atoms with van der Waals surface area (Å²) in [5.41, 5.74) is 0. The summed E-state index contributed by atoms with van der Waals surface area (Å²) in [7, 11) is 0. The van der Waals surface area contributed by atoms with Gasteiger partial charge < -0.3 is 20.4 Å². The molecule has 0 bridgehead atoms. The first-order chi connectivity index (χ1) is 7.13. The van der Waals surface area contributed by atoms with E-state index in [1.807, 2.05) is 4.90 Å². The lowest BCUT2D eigenvalue weighted by atomic mass is 9.94. The molecule has 0 aromatic rings. The van der Waals surface area contributed by atoms with Gasteiger partial charge in [-0.2, -0.15) is 0 Å².